The van der Waals surface area contributed by atoms with Gasteiger partial charge in [0.1, 0.15) is 17.9 Å². The van der Waals surface area contributed by atoms with Crippen LogP contribution in [-0.4, -0.2) is 30.6 Å². The first-order valence-corrected chi connectivity index (χ1v) is 9.77. The molecule has 8 nitrogen and oxygen atoms in total. The summed E-state index contributed by atoms with van der Waals surface area (Å²) in [7, 11) is 0. The third kappa shape index (κ3) is 2.11. The first kappa shape index (κ1) is 17.2. The molecule has 3 N–H and O–H groups in total. The van der Waals surface area contributed by atoms with Crippen molar-refractivity contribution in [2.75, 3.05) is 11.7 Å². The lowest BCUT2D eigenvalue weighted by Crippen LogP contribution is -3.12. The normalized spacial score (nSPS) is 30.3. The summed E-state index contributed by atoms with van der Waals surface area (Å²) < 4.78 is 10.7. The molecule has 2 saturated heterocycles. The van der Waals surface area contributed by atoms with Crippen LogP contribution in [-0.2, 0) is 14.4 Å². The molecule has 6 rings (SSSR count). The van der Waals surface area contributed by atoms with Crippen LogP contribution < -0.4 is 25.0 Å². The van der Waals surface area contributed by atoms with Gasteiger partial charge in [0, 0.05) is 11.6 Å². The zero-order chi connectivity index (χ0) is 20.6. The number of fused-ring (bicyclic) bond motifs is 6. The van der Waals surface area contributed by atoms with Gasteiger partial charge in [-0.05, 0) is 23.8 Å². The first-order chi connectivity index (χ1) is 14.6. The molecular formula is C22H18N3O5+. The Balaban J connectivity index is 1.47. The van der Waals surface area contributed by atoms with E-state index < -0.39 is 29.7 Å². The van der Waals surface area contributed by atoms with Crippen molar-refractivity contribution in [2.45, 2.75) is 12.1 Å². The van der Waals surface area contributed by atoms with Gasteiger partial charge in [-0.25, -0.2) is 4.90 Å². The molecule has 8 heteroatoms. The molecule has 4 heterocycles. The van der Waals surface area contributed by atoms with Crippen LogP contribution in [0.5, 0.6) is 11.5 Å². The van der Waals surface area contributed by atoms with E-state index in [2.05, 4.69) is 0 Å². The van der Waals surface area contributed by atoms with Gasteiger partial charge in [-0.15, -0.1) is 0 Å². The fourth-order valence-electron chi connectivity index (χ4n) is 5.35. The van der Waals surface area contributed by atoms with Crippen LogP contribution in [0.2, 0.25) is 0 Å². The van der Waals surface area contributed by atoms with E-state index in [1.807, 2.05) is 36.5 Å². The van der Waals surface area contributed by atoms with Gasteiger partial charge in [-0.1, -0.05) is 24.3 Å². The van der Waals surface area contributed by atoms with Crippen molar-refractivity contribution < 1.29 is 28.8 Å². The van der Waals surface area contributed by atoms with E-state index in [4.69, 9.17) is 15.2 Å². The number of hydrogen-bond acceptors (Lipinski definition) is 5. The molecule has 0 saturated carbocycles. The van der Waals surface area contributed by atoms with Crippen molar-refractivity contribution in [3.8, 4) is 11.5 Å². The molecule has 150 valence electrons. The SMILES string of the molecule is NC(=O)[C@H]1[C@H]2C(=O)N(c3ccc4c(c3)OCO4)C(=O)[C@@H]2[C@@H]2c3ccccc3C=C[NH+]12. The Hall–Kier alpha value is -3.65. The zero-order valence-corrected chi connectivity index (χ0v) is 15.8. The molecule has 0 radical (unpaired) electrons. The van der Waals surface area contributed by atoms with E-state index in [1.165, 1.54) is 4.90 Å². The topological polar surface area (TPSA) is 103 Å². The van der Waals surface area contributed by atoms with E-state index in [0.717, 1.165) is 16.0 Å². The number of nitrogens with one attached hydrogen (secondary N) is 1. The monoisotopic (exact) mass is 404 g/mol. The number of primary amides is 1. The largest absolute Gasteiger partial charge is 0.454 e. The standard InChI is InChI=1S/C22H17N3O5/c23-20(26)19-17-16(18-13-4-2-1-3-11(13)7-8-24(18)19)21(27)25(22(17)28)12-5-6-14-15(9-12)30-10-29-14/h1-9,16-19H,10H2,(H2,23,26)/p+1/t16-,17-,18-,19+/m0/s1. The van der Waals surface area contributed by atoms with Crippen molar-refractivity contribution >= 4 is 29.5 Å². The molecule has 3 amide bonds. The third-order valence-electron chi connectivity index (χ3n) is 6.54. The van der Waals surface area contributed by atoms with E-state index in [1.54, 1.807) is 18.2 Å². The predicted octanol–water partition coefficient (Wildman–Crippen LogP) is -0.00110. The predicted molar refractivity (Wildman–Crippen MR) is 104 cm³/mol. The van der Waals surface area contributed by atoms with Crippen molar-refractivity contribution in [2.24, 2.45) is 17.6 Å². The number of carbonyl (C=O) groups is 3. The van der Waals surface area contributed by atoms with Gasteiger partial charge in [0.25, 0.3) is 5.91 Å². The van der Waals surface area contributed by atoms with E-state index in [9.17, 15) is 14.4 Å². The molecular weight excluding hydrogens is 386 g/mol. The van der Waals surface area contributed by atoms with Crippen LogP contribution in [0.25, 0.3) is 6.08 Å². The summed E-state index contributed by atoms with van der Waals surface area (Å²) in [5.41, 5.74) is 8.07. The van der Waals surface area contributed by atoms with Gasteiger partial charge in [0.05, 0.1) is 11.9 Å². The van der Waals surface area contributed by atoms with Gasteiger partial charge in [-0.3, -0.25) is 19.3 Å². The van der Waals surface area contributed by atoms with E-state index in [-0.39, 0.29) is 18.7 Å². The average molecular weight is 404 g/mol. The fourth-order valence-corrected chi connectivity index (χ4v) is 5.35. The van der Waals surface area contributed by atoms with Gasteiger partial charge < -0.3 is 15.2 Å². The van der Waals surface area contributed by atoms with Crippen LogP contribution >= 0.6 is 0 Å². The second kappa shape index (κ2) is 5.93. The third-order valence-corrected chi connectivity index (χ3v) is 6.54. The Bertz CT molecular complexity index is 1160. The number of ether oxygens (including phenoxy) is 2. The molecule has 0 aliphatic carbocycles. The molecule has 4 aliphatic heterocycles. The fraction of sp³-hybridized carbons (Fsp3) is 0.227. The summed E-state index contributed by atoms with van der Waals surface area (Å²) in [6, 6.07) is 11.5. The molecule has 1 unspecified atom stereocenters. The van der Waals surface area contributed by atoms with E-state index >= 15 is 0 Å². The van der Waals surface area contributed by atoms with Crippen LogP contribution in [0.3, 0.4) is 0 Å². The number of quaternary nitrogens is 1. The van der Waals surface area contributed by atoms with Crippen molar-refractivity contribution in [1.82, 2.24) is 0 Å². The van der Waals surface area contributed by atoms with Crippen LogP contribution in [0, 0.1) is 11.8 Å². The molecule has 0 spiro atoms. The number of benzene rings is 2. The minimum Gasteiger partial charge on any atom is -0.454 e. The van der Waals surface area contributed by atoms with Gasteiger partial charge in [-0.2, -0.15) is 0 Å². The Labute approximate surface area is 171 Å². The Morgan fingerprint density at radius 3 is 2.63 bits per heavy atom. The average Bonchev–Trinajstić information content (AvgIpc) is 3.41. The first-order valence-electron chi connectivity index (χ1n) is 9.77. The molecule has 5 atom stereocenters. The van der Waals surface area contributed by atoms with Gasteiger partial charge in [0.15, 0.2) is 17.5 Å². The summed E-state index contributed by atoms with van der Waals surface area (Å²) >= 11 is 0. The second-order valence-corrected chi connectivity index (χ2v) is 7.92. The summed E-state index contributed by atoms with van der Waals surface area (Å²) in [6.07, 6.45) is 3.77. The summed E-state index contributed by atoms with van der Waals surface area (Å²) in [6.45, 7) is 0.0964. The Kier molecular flexibility index (Phi) is 3.41. The van der Waals surface area contributed by atoms with Crippen LogP contribution in [0.15, 0.2) is 48.7 Å². The van der Waals surface area contributed by atoms with Crippen LogP contribution in [0.4, 0.5) is 5.69 Å². The summed E-state index contributed by atoms with van der Waals surface area (Å²) in [5, 5.41) is 0. The minimum atomic E-state index is -0.809. The highest BCUT2D eigenvalue weighted by molar-refractivity contribution is 6.23. The smallest absolute Gasteiger partial charge is 0.277 e. The summed E-state index contributed by atoms with van der Waals surface area (Å²) in [4.78, 5) is 41.4. The highest BCUT2D eigenvalue weighted by Gasteiger charge is 2.68. The number of imide groups is 1. The maximum Gasteiger partial charge on any atom is 0.277 e. The van der Waals surface area contributed by atoms with Gasteiger partial charge in [0.2, 0.25) is 18.6 Å². The van der Waals surface area contributed by atoms with Crippen LogP contribution in [0.1, 0.15) is 17.2 Å². The quantitative estimate of drug-likeness (QED) is 0.686. The molecule has 30 heavy (non-hydrogen) atoms. The number of nitrogens with zero attached hydrogens (tertiary/aromatic N) is 1. The number of amides is 3. The van der Waals surface area contributed by atoms with Crippen molar-refractivity contribution in [3.63, 3.8) is 0 Å². The molecule has 0 aromatic heterocycles. The lowest BCUT2D eigenvalue weighted by atomic mass is 9.84. The number of rotatable bonds is 2. The maximum atomic E-state index is 13.6. The Morgan fingerprint density at radius 1 is 1.03 bits per heavy atom. The van der Waals surface area contributed by atoms with Gasteiger partial charge >= 0.3 is 0 Å². The minimum absolute atomic E-state index is 0.0964. The lowest BCUT2D eigenvalue weighted by molar-refractivity contribution is -0.884. The highest BCUT2D eigenvalue weighted by atomic mass is 16.7. The lowest BCUT2D eigenvalue weighted by Gasteiger charge is -2.30. The number of hydrogen-bond donors (Lipinski definition) is 2. The molecule has 2 aromatic carbocycles. The number of nitrogens with two attached hydrogens (primary N) is 1. The molecule has 0 bridgehead atoms. The van der Waals surface area contributed by atoms with Crippen molar-refractivity contribution in [1.29, 1.82) is 0 Å². The highest BCUT2D eigenvalue weighted by Crippen LogP contribution is 2.45. The second-order valence-electron chi connectivity index (χ2n) is 7.92. The molecule has 4 aliphatic rings. The van der Waals surface area contributed by atoms with E-state index in [0.29, 0.717) is 17.2 Å². The summed E-state index contributed by atoms with van der Waals surface area (Å²) in [5.74, 6) is -1.73. The van der Waals surface area contributed by atoms with Crippen molar-refractivity contribution in [3.05, 3.63) is 59.8 Å². The zero-order valence-electron chi connectivity index (χ0n) is 15.8. The maximum absolute atomic E-state index is 13.6. The molecule has 2 aromatic rings. The molecule has 2 fully saturated rings. The number of anilines is 1. The number of carbonyl (C=O) groups excluding carboxylic acids is 3. The Morgan fingerprint density at radius 2 is 1.80 bits per heavy atom.